The van der Waals surface area contributed by atoms with E-state index in [0.717, 1.165) is 4.90 Å². The summed E-state index contributed by atoms with van der Waals surface area (Å²) in [5.41, 5.74) is 1.16. The molecule has 2 amide bonds. The van der Waals surface area contributed by atoms with E-state index in [2.05, 4.69) is 4.98 Å². The third kappa shape index (κ3) is 2.07. The molecule has 0 atom stereocenters. The van der Waals surface area contributed by atoms with Gasteiger partial charge in [0, 0.05) is 16.2 Å². The minimum atomic E-state index is -0.406. The minimum absolute atomic E-state index is 0.101. The maximum atomic E-state index is 12.2. The van der Waals surface area contributed by atoms with E-state index in [4.69, 9.17) is 23.2 Å². The number of pyridine rings is 1. The van der Waals surface area contributed by atoms with Crippen molar-refractivity contribution >= 4 is 35.0 Å². The lowest BCUT2D eigenvalue weighted by molar-refractivity contribution is 0.0640. The second kappa shape index (κ2) is 4.89. The third-order valence-corrected chi connectivity index (χ3v) is 3.66. The molecule has 0 saturated heterocycles. The van der Waals surface area contributed by atoms with Crippen LogP contribution in [0.5, 0.6) is 0 Å². The number of carbonyl (C=O) groups excluding carboxylic acids is 2. The predicted molar refractivity (Wildman–Crippen MR) is 74.9 cm³/mol. The Kier molecular flexibility index (Phi) is 3.20. The van der Waals surface area contributed by atoms with Crippen molar-refractivity contribution in [3.63, 3.8) is 0 Å². The third-order valence-electron chi connectivity index (χ3n) is 3.07. The average molecular weight is 307 g/mol. The molecule has 0 unspecified atom stereocenters. The number of benzene rings is 1. The lowest BCUT2D eigenvalue weighted by atomic mass is 10.2. The van der Waals surface area contributed by atoms with Crippen molar-refractivity contribution in [2.45, 2.75) is 6.54 Å². The molecule has 1 aliphatic rings. The SMILES string of the molecule is O=C1c2cccnc2C(=O)N1Cc1ccc(Cl)cc1Cl. The van der Waals surface area contributed by atoms with E-state index in [1.54, 1.807) is 30.3 Å². The molecule has 6 heteroatoms. The standard InChI is InChI=1S/C14H8Cl2N2O2/c15-9-4-3-8(11(16)6-9)7-18-13(19)10-2-1-5-17-12(10)14(18)20/h1-6H,7H2. The fourth-order valence-corrected chi connectivity index (χ4v) is 2.55. The van der Waals surface area contributed by atoms with Crippen LogP contribution in [0.25, 0.3) is 0 Å². The molecule has 0 bridgehead atoms. The van der Waals surface area contributed by atoms with Gasteiger partial charge in [-0.25, -0.2) is 0 Å². The molecule has 1 aliphatic heterocycles. The van der Waals surface area contributed by atoms with Crippen molar-refractivity contribution in [3.8, 4) is 0 Å². The second-order valence-corrected chi connectivity index (χ2v) is 5.18. The number of nitrogens with zero attached hydrogens (tertiary/aromatic N) is 2. The summed E-state index contributed by atoms with van der Waals surface area (Å²) >= 11 is 11.9. The van der Waals surface area contributed by atoms with Crippen molar-refractivity contribution in [2.24, 2.45) is 0 Å². The van der Waals surface area contributed by atoms with Crippen LogP contribution in [0.1, 0.15) is 26.4 Å². The quantitative estimate of drug-likeness (QED) is 0.801. The predicted octanol–water partition coefficient (Wildman–Crippen LogP) is 3.18. The van der Waals surface area contributed by atoms with Gasteiger partial charge in [0.05, 0.1) is 12.1 Å². The van der Waals surface area contributed by atoms with Gasteiger partial charge in [-0.3, -0.25) is 19.5 Å². The van der Waals surface area contributed by atoms with Gasteiger partial charge in [0.1, 0.15) is 5.69 Å². The van der Waals surface area contributed by atoms with E-state index in [1.807, 2.05) is 0 Å². The summed E-state index contributed by atoms with van der Waals surface area (Å²) in [6.07, 6.45) is 1.49. The topological polar surface area (TPSA) is 50.3 Å². The molecule has 0 N–H and O–H groups in total. The summed E-state index contributed by atoms with van der Waals surface area (Å²) in [5, 5.41) is 0.921. The van der Waals surface area contributed by atoms with Gasteiger partial charge in [-0.2, -0.15) is 0 Å². The number of fused-ring (bicyclic) bond motifs is 1. The lowest BCUT2D eigenvalue weighted by Gasteiger charge is -2.14. The zero-order valence-corrected chi connectivity index (χ0v) is 11.6. The summed E-state index contributed by atoms with van der Waals surface area (Å²) in [4.78, 5) is 29.4. The molecular weight excluding hydrogens is 299 g/mol. The Balaban J connectivity index is 1.94. The fourth-order valence-electron chi connectivity index (χ4n) is 2.08. The summed E-state index contributed by atoms with van der Waals surface area (Å²) in [6, 6.07) is 8.16. The van der Waals surface area contributed by atoms with Crippen molar-refractivity contribution in [1.29, 1.82) is 0 Å². The van der Waals surface area contributed by atoms with Gasteiger partial charge in [-0.1, -0.05) is 29.3 Å². The zero-order valence-electron chi connectivity index (χ0n) is 10.1. The van der Waals surface area contributed by atoms with Gasteiger partial charge in [-0.05, 0) is 29.8 Å². The van der Waals surface area contributed by atoms with Crippen molar-refractivity contribution in [2.75, 3.05) is 0 Å². The Hall–Kier alpha value is -1.91. The van der Waals surface area contributed by atoms with Crippen molar-refractivity contribution in [1.82, 2.24) is 9.88 Å². The van der Waals surface area contributed by atoms with E-state index < -0.39 is 5.91 Å². The Morgan fingerprint density at radius 3 is 2.60 bits per heavy atom. The molecule has 0 radical (unpaired) electrons. The number of imide groups is 1. The molecule has 2 aromatic rings. The first kappa shape index (κ1) is 13.1. The van der Waals surface area contributed by atoms with E-state index in [-0.39, 0.29) is 18.1 Å². The van der Waals surface area contributed by atoms with Gasteiger partial charge in [0.15, 0.2) is 0 Å². The summed E-state index contributed by atoms with van der Waals surface area (Å²) in [7, 11) is 0. The fraction of sp³-hybridized carbons (Fsp3) is 0.0714. The first-order valence-corrected chi connectivity index (χ1v) is 6.58. The maximum absolute atomic E-state index is 12.2. The van der Waals surface area contributed by atoms with E-state index in [0.29, 0.717) is 21.2 Å². The first-order valence-electron chi connectivity index (χ1n) is 5.83. The first-order chi connectivity index (χ1) is 9.58. The molecule has 2 heterocycles. The number of carbonyl (C=O) groups is 2. The Morgan fingerprint density at radius 1 is 1.10 bits per heavy atom. The van der Waals surface area contributed by atoms with Gasteiger partial charge in [-0.15, -0.1) is 0 Å². The minimum Gasteiger partial charge on any atom is -0.268 e. The van der Waals surface area contributed by atoms with Gasteiger partial charge >= 0.3 is 0 Å². The normalized spacial score (nSPS) is 13.8. The van der Waals surface area contributed by atoms with Gasteiger partial charge in [0.25, 0.3) is 11.8 Å². The largest absolute Gasteiger partial charge is 0.280 e. The zero-order chi connectivity index (χ0) is 14.3. The number of hydrogen-bond acceptors (Lipinski definition) is 3. The maximum Gasteiger partial charge on any atom is 0.280 e. The Labute approximate surface area is 124 Å². The molecule has 1 aromatic heterocycles. The van der Waals surface area contributed by atoms with Crippen LogP contribution in [0.15, 0.2) is 36.5 Å². The number of halogens is 2. The molecule has 0 aliphatic carbocycles. The second-order valence-electron chi connectivity index (χ2n) is 4.33. The summed E-state index contributed by atoms with van der Waals surface area (Å²) in [6.45, 7) is 0.101. The molecule has 0 fully saturated rings. The van der Waals surface area contributed by atoms with Crippen molar-refractivity contribution < 1.29 is 9.59 Å². The van der Waals surface area contributed by atoms with Crippen LogP contribution >= 0.6 is 23.2 Å². The van der Waals surface area contributed by atoms with Crippen LogP contribution in [0.4, 0.5) is 0 Å². The van der Waals surface area contributed by atoms with Gasteiger partial charge < -0.3 is 0 Å². The smallest absolute Gasteiger partial charge is 0.268 e. The summed E-state index contributed by atoms with van der Waals surface area (Å²) in [5.74, 6) is -0.763. The van der Waals surface area contributed by atoms with E-state index in [1.165, 1.54) is 6.20 Å². The molecule has 100 valence electrons. The van der Waals surface area contributed by atoms with Crippen LogP contribution in [0, 0.1) is 0 Å². The highest BCUT2D eigenvalue weighted by molar-refractivity contribution is 6.35. The number of amides is 2. The number of rotatable bonds is 2. The van der Waals surface area contributed by atoms with Crippen LogP contribution < -0.4 is 0 Å². The Bertz CT molecular complexity index is 696. The number of aromatic nitrogens is 1. The molecule has 1 aromatic carbocycles. The van der Waals surface area contributed by atoms with Crippen LogP contribution in [-0.2, 0) is 6.54 Å². The molecular formula is C14H8Cl2N2O2. The summed E-state index contributed by atoms with van der Waals surface area (Å²) < 4.78 is 0. The van der Waals surface area contributed by atoms with E-state index >= 15 is 0 Å². The lowest BCUT2D eigenvalue weighted by Crippen LogP contribution is -2.29. The monoisotopic (exact) mass is 306 g/mol. The van der Waals surface area contributed by atoms with Crippen molar-refractivity contribution in [3.05, 3.63) is 63.4 Å². The molecule has 0 saturated carbocycles. The van der Waals surface area contributed by atoms with Crippen LogP contribution in [-0.4, -0.2) is 21.7 Å². The molecule has 4 nitrogen and oxygen atoms in total. The average Bonchev–Trinajstić information content (AvgIpc) is 2.67. The van der Waals surface area contributed by atoms with Crippen LogP contribution in [0.2, 0.25) is 10.0 Å². The Morgan fingerprint density at radius 2 is 1.90 bits per heavy atom. The van der Waals surface area contributed by atoms with Gasteiger partial charge in [0.2, 0.25) is 0 Å². The highest BCUT2D eigenvalue weighted by Crippen LogP contribution is 2.26. The highest BCUT2D eigenvalue weighted by Gasteiger charge is 2.36. The van der Waals surface area contributed by atoms with E-state index in [9.17, 15) is 9.59 Å². The molecule has 3 rings (SSSR count). The van der Waals surface area contributed by atoms with Crippen LogP contribution in [0.3, 0.4) is 0 Å². The highest BCUT2D eigenvalue weighted by atomic mass is 35.5. The molecule has 0 spiro atoms. The molecule has 20 heavy (non-hydrogen) atoms. The number of hydrogen-bond donors (Lipinski definition) is 0.